The van der Waals surface area contributed by atoms with Crippen LogP contribution in [0.5, 0.6) is 0 Å². The van der Waals surface area contributed by atoms with Crippen molar-refractivity contribution in [1.82, 2.24) is 19.6 Å². The van der Waals surface area contributed by atoms with Gasteiger partial charge in [-0.3, -0.25) is 9.48 Å². The maximum atomic E-state index is 12.8. The zero-order valence-corrected chi connectivity index (χ0v) is 11.9. The Hall–Kier alpha value is -2.43. The molecule has 0 saturated carbocycles. The number of anilines is 1. The minimum Gasteiger partial charge on any atom is -0.362 e. The summed E-state index contributed by atoms with van der Waals surface area (Å²) in [6.45, 7) is -0.454. The molecule has 0 fully saturated rings. The van der Waals surface area contributed by atoms with Gasteiger partial charge in [-0.1, -0.05) is 0 Å². The van der Waals surface area contributed by atoms with Crippen molar-refractivity contribution in [2.24, 2.45) is 0 Å². The number of alkyl halides is 4. The molecule has 1 amide bonds. The lowest BCUT2D eigenvalue weighted by atomic mass is 10.3. The molecule has 0 aromatic carbocycles. The first-order valence-corrected chi connectivity index (χ1v) is 6.36. The van der Waals surface area contributed by atoms with E-state index in [0.29, 0.717) is 16.4 Å². The topological polar surface area (TPSA) is 74.0 Å². The first-order chi connectivity index (χ1) is 10.9. The van der Waals surface area contributed by atoms with Crippen LogP contribution in [0.25, 0.3) is 0 Å². The Labute approximate surface area is 127 Å². The van der Waals surface area contributed by atoms with Crippen LogP contribution >= 0.6 is 0 Å². The second-order valence-corrected chi connectivity index (χ2v) is 4.49. The lowest BCUT2D eigenvalue weighted by Crippen LogP contribution is -2.21. The maximum Gasteiger partial charge on any atom is 0.282 e. The number of carbonyl (C=O) groups excluding carboxylic acids is 1. The van der Waals surface area contributed by atoms with Gasteiger partial charge in [-0.05, 0) is 6.07 Å². The van der Waals surface area contributed by atoms with Crippen molar-refractivity contribution in [2.45, 2.75) is 26.1 Å². The van der Waals surface area contributed by atoms with Crippen LogP contribution in [0.3, 0.4) is 0 Å². The highest BCUT2D eigenvalue weighted by atomic mass is 19.3. The van der Waals surface area contributed by atoms with Gasteiger partial charge in [0.1, 0.15) is 24.7 Å². The summed E-state index contributed by atoms with van der Waals surface area (Å²) in [7, 11) is 1.46. The molecule has 0 unspecified atom stereocenters. The van der Waals surface area contributed by atoms with Crippen LogP contribution in [0.2, 0.25) is 0 Å². The minimum atomic E-state index is -3.02. The molecule has 23 heavy (non-hydrogen) atoms. The third-order valence-corrected chi connectivity index (χ3v) is 2.75. The molecule has 0 bridgehead atoms. The SMILES string of the molecule is COCn1cc(NC(=O)Cn2nc(C(F)F)cc2C(F)F)cn1. The maximum absolute atomic E-state index is 12.8. The van der Waals surface area contributed by atoms with E-state index in [2.05, 4.69) is 15.5 Å². The molecule has 0 radical (unpaired) electrons. The van der Waals surface area contributed by atoms with E-state index < -0.39 is 36.7 Å². The molecule has 126 valence electrons. The summed E-state index contributed by atoms with van der Waals surface area (Å²) in [6, 6.07) is 0.583. The van der Waals surface area contributed by atoms with Crippen LogP contribution in [0.4, 0.5) is 23.2 Å². The van der Waals surface area contributed by atoms with Gasteiger partial charge in [0.15, 0.2) is 0 Å². The van der Waals surface area contributed by atoms with E-state index in [4.69, 9.17) is 4.74 Å². The highest BCUT2D eigenvalue weighted by Gasteiger charge is 2.22. The van der Waals surface area contributed by atoms with Crippen molar-refractivity contribution in [3.63, 3.8) is 0 Å². The number of rotatable bonds is 7. The molecule has 0 aliphatic heterocycles. The average Bonchev–Trinajstić information content (AvgIpc) is 3.06. The van der Waals surface area contributed by atoms with Gasteiger partial charge in [0.2, 0.25) is 5.91 Å². The molecule has 7 nitrogen and oxygen atoms in total. The van der Waals surface area contributed by atoms with E-state index in [1.165, 1.54) is 24.2 Å². The van der Waals surface area contributed by atoms with E-state index in [9.17, 15) is 22.4 Å². The molecule has 1 N–H and O–H groups in total. The summed E-state index contributed by atoms with van der Waals surface area (Å²) in [5.74, 6) is -0.701. The van der Waals surface area contributed by atoms with Crippen LogP contribution < -0.4 is 5.32 Å². The quantitative estimate of drug-likeness (QED) is 0.787. The minimum absolute atomic E-state index is 0.169. The molecule has 0 aliphatic rings. The molecule has 0 atom stereocenters. The van der Waals surface area contributed by atoms with Gasteiger partial charge in [0.25, 0.3) is 12.9 Å². The summed E-state index contributed by atoms with van der Waals surface area (Å²) in [6.07, 6.45) is -3.22. The summed E-state index contributed by atoms with van der Waals surface area (Å²) >= 11 is 0. The fraction of sp³-hybridized carbons (Fsp3) is 0.417. The molecule has 0 spiro atoms. The van der Waals surface area contributed by atoms with Crippen molar-refractivity contribution < 1.29 is 27.1 Å². The number of hydrogen-bond donors (Lipinski definition) is 1. The Kier molecular flexibility index (Phi) is 5.32. The first kappa shape index (κ1) is 16.9. The Morgan fingerprint density at radius 2 is 2.09 bits per heavy atom. The number of nitrogens with one attached hydrogen (secondary N) is 1. The summed E-state index contributed by atoms with van der Waals surface area (Å²) in [4.78, 5) is 11.8. The highest BCUT2D eigenvalue weighted by molar-refractivity contribution is 5.90. The first-order valence-electron chi connectivity index (χ1n) is 6.36. The van der Waals surface area contributed by atoms with Crippen molar-refractivity contribution in [3.05, 3.63) is 29.8 Å². The van der Waals surface area contributed by atoms with Crippen LogP contribution in [0.15, 0.2) is 18.5 Å². The number of amides is 1. The number of hydrogen-bond acceptors (Lipinski definition) is 4. The standard InChI is InChI=1S/C12H13F4N5O2/c1-23-6-20-4-7(3-17-20)18-10(22)5-21-9(12(15)16)2-8(19-21)11(13)14/h2-4,11-12H,5-6H2,1H3,(H,18,22). The van der Waals surface area contributed by atoms with Crippen LogP contribution in [-0.4, -0.2) is 32.6 Å². The molecular weight excluding hydrogens is 322 g/mol. The van der Waals surface area contributed by atoms with Crippen molar-refractivity contribution in [1.29, 1.82) is 0 Å². The van der Waals surface area contributed by atoms with E-state index in [0.717, 1.165) is 0 Å². The molecule has 0 saturated heterocycles. The number of nitrogens with zero attached hydrogens (tertiary/aromatic N) is 4. The zero-order valence-electron chi connectivity index (χ0n) is 11.9. The Morgan fingerprint density at radius 3 is 2.70 bits per heavy atom. The summed E-state index contributed by atoms with van der Waals surface area (Å²) < 4.78 is 57.5. The third kappa shape index (κ3) is 4.28. The van der Waals surface area contributed by atoms with Crippen LogP contribution in [0, 0.1) is 0 Å². The molecule has 2 aromatic rings. The smallest absolute Gasteiger partial charge is 0.282 e. The van der Waals surface area contributed by atoms with E-state index in [-0.39, 0.29) is 6.73 Å². The lowest BCUT2D eigenvalue weighted by Gasteiger charge is -2.06. The van der Waals surface area contributed by atoms with Gasteiger partial charge in [-0.2, -0.15) is 10.2 Å². The number of carbonyl (C=O) groups is 1. The molecule has 2 heterocycles. The fourth-order valence-corrected chi connectivity index (χ4v) is 1.83. The van der Waals surface area contributed by atoms with Crippen molar-refractivity contribution in [2.75, 3.05) is 12.4 Å². The number of ether oxygens (including phenoxy) is 1. The number of aromatic nitrogens is 4. The largest absolute Gasteiger partial charge is 0.362 e. The molecule has 2 aromatic heterocycles. The predicted molar refractivity (Wildman–Crippen MR) is 70.0 cm³/mol. The second kappa shape index (κ2) is 7.22. The predicted octanol–water partition coefficient (Wildman–Crippen LogP) is 2.20. The van der Waals surface area contributed by atoms with Crippen LogP contribution in [-0.2, 0) is 22.8 Å². The lowest BCUT2D eigenvalue weighted by molar-refractivity contribution is -0.117. The van der Waals surface area contributed by atoms with Gasteiger partial charge < -0.3 is 10.1 Å². The van der Waals surface area contributed by atoms with E-state index in [1.807, 2.05) is 0 Å². The van der Waals surface area contributed by atoms with Gasteiger partial charge in [-0.25, -0.2) is 22.2 Å². The van der Waals surface area contributed by atoms with Gasteiger partial charge in [-0.15, -0.1) is 0 Å². The normalized spacial score (nSPS) is 11.4. The molecule has 11 heteroatoms. The zero-order chi connectivity index (χ0) is 17.0. The number of halogens is 4. The van der Waals surface area contributed by atoms with Gasteiger partial charge in [0, 0.05) is 7.11 Å². The highest BCUT2D eigenvalue weighted by Crippen LogP contribution is 2.25. The monoisotopic (exact) mass is 335 g/mol. The summed E-state index contributed by atoms with van der Waals surface area (Å²) in [5, 5.41) is 9.61. The van der Waals surface area contributed by atoms with E-state index in [1.54, 1.807) is 0 Å². The van der Waals surface area contributed by atoms with Crippen molar-refractivity contribution in [3.8, 4) is 0 Å². The van der Waals surface area contributed by atoms with Crippen molar-refractivity contribution >= 4 is 11.6 Å². The molecular formula is C12H13F4N5O2. The average molecular weight is 335 g/mol. The van der Waals surface area contributed by atoms with Gasteiger partial charge in [0.05, 0.1) is 18.1 Å². The molecule has 0 aliphatic carbocycles. The Balaban J connectivity index is 2.06. The Bertz CT molecular complexity index is 670. The second-order valence-electron chi connectivity index (χ2n) is 4.49. The Morgan fingerprint density at radius 1 is 1.35 bits per heavy atom. The fourth-order valence-electron chi connectivity index (χ4n) is 1.83. The number of methoxy groups -OCH3 is 1. The third-order valence-electron chi connectivity index (χ3n) is 2.75. The van der Waals surface area contributed by atoms with Crippen LogP contribution in [0.1, 0.15) is 24.2 Å². The van der Waals surface area contributed by atoms with E-state index >= 15 is 0 Å². The summed E-state index contributed by atoms with van der Waals surface area (Å²) in [5.41, 5.74) is -1.24. The molecule has 2 rings (SSSR count). The van der Waals surface area contributed by atoms with Gasteiger partial charge >= 0.3 is 0 Å².